The van der Waals surface area contributed by atoms with Gasteiger partial charge in [0.2, 0.25) is 0 Å². The Balaban J connectivity index is 1.99. The number of amides is 2. The minimum Gasteiger partial charge on any atom is -0.464 e. The van der Waals surface area contributed by atoms with Crippen LogP contribution in [-0.4, -0.2) is 35.9 Å². The summed E-state index contributed by atoms with van der Waals surface area (Å²) in [5.41, 5.74) is 3.40. The molecule has 0 atom stereocenters. The van der Waals surface area contributed by atoms with E-state index in [1.807, 2.05) is 0 Å². The van der Waals surface area contributed by atoms with Gasteiger partial charge in [-0.3, -0.25) is 14.4 Å². The molecule has 6 nitrogen and oxygen atoms in total. The van der Waals surface area contributed by atoms with E-state index < -0.39 is 17.8 Å². The Morgan fingerprint density at radius 1 is 1.22 bits per heavy atom. The Bertz CT molecular complexity index is 478. The summed E-state index contributed by atoms with van der Waals surface area (Å²) in [7, 11) is 0. The molecule has 0 radical (unpaired) electrons. The molecule has 1 aromatic carbocycles. The summed E-state index contributed by atoms with van der Waals surface area (Å²) >= 11 is 0. The van der Waals surface area contributed by atoms with Crippen LogP contribution in [0.3, 0.4) is 0 Å². The van der Waals surface area contributed by atoms with E-state index in [0.717, 1.165) is 5.01 Å². The van der Waals surface area contributed by atoms with Crippen LogP contribution in [0, 0.1) is 0 Å². The molecule has 0 aromatic heterocycles. The van der Waals surface area contributed by atoms with Gasteiger partial charge < -0.3 is 4.74 Å². The molecule has 0 unspecified atom stereocenters. The van der Waals surface area contributed by atoms with E-state index in [2.05, 4.69) is 5.43 Å². The zero-order valence-corrected chi connectivity index (χ0v) is 9.80. The largest absolute Gasteiger partial charge is 0.464 e. The molecule has 1 aliphatic heterocycles. The average Bonchev–Trinajstić information content (AvgIpc) is 2.59. The standard InChI is InChI=1S/C12H12N2O4/c1-8(15)18-7-6-13-14-11(16)9-4-2-3-5-10(9)12(14)17/h2-5,13H,6-7H2,1H3. The summed E-state index contributed by atoms with van der Waals surface area (Å²) in [6, 6.07) is 6.60. The fraction of sp³-hybridized carbons (Fsp3) is 0.250. The fourth-order valence-corrected chi connectivity index (χ4v) is 1.69. The number of fused-ring (bicyclic) bond motifs is 1. The normalized spacial score (nSPS) is 13.7. The highest BCUT2D eigenvalue weighted by molar-refractivity contribution is 6.20. The van der Waals surface area contributed by atoms with Crippen molar-refractivity contribution in [1.29, 1.82) is 0 Å². The molecule has 1 aromatic rings. The monoisotopic (exact) mass is 248 g/mol. The van der Waals surface area contributed by atoms with Crippen molar-refractivity contribution in [3.63, 3.8) is 0 Å². The van der Waals surface area contributed by atoms with Crippen molar-refractivity contribution in [2.24, 2.45) is 0 Å². The third kappa shape index (κ3) is 2.23. The van der Waals surface area contributed by atoms with Crippen molar-refractivity contribution in [3.05, 3.63) is 35.4 Å². The van der Waals surface area contributed by atoms with Crippen LogP contribution in [0.2, 0.25) is 0 Å². The molecule has 2 rings (SSSR count). The third-order valence-corrected chi connectivity index (χ3v) is 2.47. The maximum Gasteiger partial charge on any atom is 0.302 e. The first-order chi connectivity index (χ1) is 8.61. The summed E-state index contributed by atoms with van der Waals surface area (Å²) in [5.74, 6) is -1.18. The maximum atomic E-state index is 11.9. The van der Waals surface area contributed by atoms with Gasteiger partial charge in [0.1, 0.15) is 6.61 Å². The predicted octanol–water partition coefficient (Wildman–Crippen LogP) is 0.350. The molecule has 0 saturated carbocycles. The van der Waals surface area contributed by atoms with E-state index in [1.54, 1.807) is 24.3 Å². The first-order valence-electron chi connectivity index (χ1n) is 5.46. The molecule has 2 amide bonds. The Kier molecular flexibility index (Phi) is 3.38. The summed E-state index contributed by atoms with van der Waals surface area (Å²) in [4.78, 5) is 34.3. The number of ether oxygens (including phenoxy) is 1. The van der Waals surface area contributed by atoms with Crippen molar-refractivity contribution >= 4 is 17.8 Å². The number of carbonyl (C=O) groups excluding carboxylic acids is 3. The molecular formula is C12H12N2O4. The van der Waals surface area contributed by atoms with Gasteiger partial charge in [-0.1, -0.05) is 12.1 Å². The molecule has 0 fully saturated rings. The lowest BCUT2D eigenvalue weighted by atomic mass is 10.1. The Morgan fingerprint density at radius 3 is 2.28 bits per heavy atom. The quantitative estimate of drug-likeness (QED) is 0.472. The molecule has 1 N–H and O–H groups in total. The zero-order valence-electron chi connectivity index (χ0n) is 9.80. The van der Waals surface area contributed by atoms with Gasteiger partial charge in [0, 0.05) is 6.92 Å². The van der Waals surface area contributed by atoms with Crippen molar-refractivity contribution in [3.8, 4) is 0 Å². The summed E-state index contributed by atoms with van der Waals surface area (Å²) in [5, 5.41) is 0.939. The van der Waals surface area contributed by atoms with Gasteiger partial charge in [0.05, 0.1) is 17.7 Å². The highest BCUT2D eigenvalue weighted by Crippen LogP contribution is 2.20. The van der Waals surface area contributed by atoms with Gasteiger partial charge in [0.15, 0.2) is 0 Å². The summed E-state index contributed by atoms with van der Waals surface area (Å²) < 4.78 is 4.70. The Morgan fingerprint density at radius 2 is 1.78 bits per heavy atom. The maximum absolute atomic E-state index is 11.9. The molecule has 0 bridgehead atoms. The SMILES string of the molecule is CC(=O)OCCNN1C(=O)c2ccccc2C1=O. The second-order valence-corrected chi connectivity index (χ2v) is 3.74. The third-order valence-electron chi connectivity index (χ3n) is 2.47. The number of nitrogens with zero attached hydrogens (tertiary/aromatic N) is 1. The predicted molar refractivity (Wildman–Crippen MR) is 61.6 cm³/mol. The number of esters is 1. The highest BCUT2D eigenvalue weighted by atomic mass is 16.5. The lowest BCUT2D eigenvalue weighted by Crippen LogP contribution is -2.44. The number of nitrogens with one attached hydrogen (secondary N) is 1. The van der Waals surface area contributed by atoms with Crippen LogP contribution in [0.4, 0.5) is 0 Å². The lowest BCUT2D eigenvalue weighted by molar-refractivity contribution is -0.140. The number of benzene rings is 1. The van der Waals surface area contributed by atoms with Crippen molar-refractivity contribution in [2.75, 3.05) is 13.2 Å². The number of rotatable bonds is 4. The van der Waals surface area contributed by atoms with Crippen LogP contribution in [0.5, 0.6) is 0 Å². The van der Waals surface area contributed by atoms with Crippen LogP contribution in [0.25, 0.3) is 0 Å². The molecule has 1 aliphatic rings. The molecule has 1 heterocycles. The van der Waals surface area contributed by atoms with Crippen LogP contribution in [0.15, 0.2) is 24.3 Å². The molecule has 18 heavy (non-hydrogen) atoms. The van der Waals surface area contributed by atoms with Crippen LogP contribution >= 0.6 is 0 Å². The van der Waals surface area contributed by atoms with Gasteiger partial charge in [-0.25, -0.2) is 10.4 Å². The number of hydrazine groups is 1. The van der Waals surface area contributed by atoms with E-state index in [0.29, 0.717) is 11.1 Å². The molecule has 94 valence electrons. The number of hydrogen-bond donors (Lipinski definition) is 1. The van der Waals surface area contributed by atoms with Gasteiger partial charge in [0.25, 0.3) is 11.8 Å². The second kappa shape index (κ2) is 4.97. The zero-order chi connectivity index (χ0) is 13.1. The summed E-state index contributed by atoms with van der Waals surface area (Å²) in [6.45, 7) is 1.59. The van der Waals surface area contributed by atoms with Gasteiger partial charge >= 0.3 is 5.97 Å². The van der Waals surface area contributed by atoms with Gasteiger partial charge in [-0.15, -0.1) is 0 Å². The first kappa shape index (κ1) is 12.3. The van der Waals surface area contributed by atoms with Crippen LogP contribution in [-0.2, 0) is 9.53 Å². The number of hydrogen-bond acceptors (Lipinski definition) is 5. The fourth-order valence-electron chi connectivity index (χ4n) is 1.69. The van der Waals surface area contributed by atoms with Crippen molar-refractivity contribution in [2.45, 2.75) is 6.92 Å². The number of carbonyl (C=O) groups is 3. The van der Waals surface area contributed by atoms with Gasteiger partial charge in [-0.2, -0.15) is 0 Å². The molecule has 0 saturated heterocycles. The van der Waals surface area contributed by atoms with E-state index in [4.69, 9.17) is 4.74 Å². The molecular weight excluding hydrogens is 236 g/mol. The first-order valence-corrected chi connectivity index (χ1v) is 5.46. The van der Waals surface area contributed by atoms with E-state index in [-0.39, 0.29) is 13.2 Å². The Labute approximate surface area is 103 Å². The van der Waals surface area contributed by atoms with Crippen molar-refractivity contribution < 1.29 is 19.1 Å². The van der Waals surface area contributed by atoms with Crippen molar-refractivity contribution in [1.82, 2.24) is 10.4 Å². The minimum atomic E-state index is -0.404. The molecule has 0 spiro atoms. The molecule has 0 aliphatic carbocycles. The second-order valence-electron chi connectivity index (χ2n) is 3.74. The van der Waals surface area contributed by atoms with Crippen LogP contribution in [0.1, 0.15) is 27.6 Å². The average molecular weight is 248 g/mol. The number of imide groups is 1. The molecule has 6 heteroatoms. The minimum absolute atomic E-state index is 0.0999. The topological polar surface area (TPSA) is 75.7 Å². The smallest absolute Gasteiger partial charge is 0.302 e. The highest BCUT2D eigenvalue weighted by Gasteiger charge is 2.34. The van der Waals surface area contributed by atoms with E-state index in [1.165, 1.54) is 6.92 Å². The van der Waals surface area contributed by atoms with E-state index in [9.17, 15) is 14.4 Å². The van der Waals surface area contributed by atoms with Crippen LogP contribution < -0.4 is 5.43 Å². The van der Waals surface area contributed by atoms with E-state index >= 15 is 0 Å². The Hall–Kier alpha value is -2.21. The van der Waals surface area contributed by atoms with Gasteiger partial charge in [-0.05, 0) is 12.1 Å². The summed E-state index contributed by atoms with van der Waals surface area (Å²) in [6.07, 6.45) is 0. The lowest BCUT2D eigenvalue weighted by Gasteiger charge is -2.14.